The molecule has 2 heterocycles. The summed E-state index contributed by atoms with van der Waals surface area (Å²) in [6.07, 6.45) is 1.64. The largest absolute Gasteiger partial charge is 0.474 e. The van der Waals surface area contributed by atoms with Crippen LogP contribution in [0.1, 0.15) is 32.3 Å². The minimum Gasteiger partial charge on any atom is -0.474 e. The van der Waals surface area contributed by atoms with Crippen LogP contribution in [0.5, 0.6) is 17.5 Å². The average molecular weight is 469 g/mol. The number of carbonyl (C=O) groups is 1. The van der Waals surface area contributed by atoms with E-state index in [0.29, 0.717) is 31.5 Å². The summed E-state index contributed by atoms with van der Waals surface area (Å²) in [4.78, 5) is 21.1. The predicted molar refractivity (Wildman–Crippen MR) is 111 cm³/mol. The fourth-order valence-electron chi connectivity index (χ4n) is 3.12. The van der Waals surface area contributed by atoms with Crippen molar-refractivity contribution >= 4 is 16.1 Å². The molecule has 1 aliphatic rings. The van der Waals surface area contributed by atoms with E-state index in [2.05, 4.69) is 9.97 Å². The number of aromatic nitrogens is 2. The minimum atomic E-state index is -4.25. The SMILES string of the molecule is Cc1c(Oc2cccc(S(N)(=O)=O)c2F)ncnc1OC1CCN(C(=O)OC(C)C)CC1. The molecule has 0 unspecified atom stereocenters. The van der Waals surface area contributed by atoms with Crippen molar-refractivity contribution in [2.45, 2.75) is 50.7 Å². The fraction of sp³-hybridized carbons (Fsp3) is 0.450. The molecule has 174 valence electrons. The van der Waals surface area contributed by atoms with Crippen molar-refractivity contribution in [3.63, 3.8) is 0 Å². The van der Waals surface area contributed by atoms with Gasteiger partial charge in [-0.05, 0) is 32.9 Å². The molecule has 0 bridgehead atoms. The average Bonchev–Trinajstić information content (AvgIpc) is 2.71. The molecule has 0 saturated carbocycles. The summed E-state index contributed by atoms with van der Waals surface area (Å²) in [6.45, 7) is 6.19. The number of benzene rings is 1. The first-order valence-corrected chi connectivity index (χ1v) is 11.5. The number of amides is 1. The van der Waals surface area contributed by atoms with Crippen molar-refractivity contribution in [2.24, 2.45) is 5.14 Å². The first-order chi connectivity index (χ1) is 15.1. The Hall–Kier alpha value is -2.99. The molecule has 12 heteroatoms. The number of hydrogen-bond donors (Lipinski definition) is 1. The molecule has 32 heavy (non-hydrogen) atoms. The highest BCUT2D eigenvalue weighted by molar-refractivity contribution is 7.89. The molecule has 1 saturated heterocycles. The van der Waals surface area contributed by atoms with E-state index < -0.39 is 20.7 Å². The Labute approximate surface area is 185 Å². The molecule has 1 aromatic carbocycles. The highest BCUT2D eigenvalue weighted by atomic mass is 32.2. The quantitative estimate of drug-likeness (QED) is 0.684. The summed E-state index contributed by atoms with van der Waals surface area (Å²) in [7, 11) is -4.25. The molecule has 2 N–H and O–H groups in total. The summed E-state index contributed by atoms with van der Waals surface area (Å²) >= 11 is 0. The first kappa shape index (κ1) is 23.7. The molecule has 1 aromatic heterocycles. The van der Waals surface area contributed by atoms with Crippen molar-refractivity contribution in [3.05, 3.63) is 35.9 Å². The van der Waals surface area contributed by atoms with Gasteiger partial charge in [-0.2, -0.15) is 0 Å². The zero-order valence-corrected chi connectivity index (χ0v) is 18.8. The lowest BCUT2D eigenvalue weighted by Crippen LogP contribution is -2.42. The minimum absolute atomic E-state index is 0.0124. The standard InChI is InChI=1S/C20H25FN4O6S/c1-12(2)29-20(26)25-9-7-14(8-10-25)30-18-13(3)19(24-11-23-18)31-15-5-4-6-16(17(15)21)32(22,27)28/h4-6,11-12,14H,7-10H2,1-3H3,(H2,22,27,28). The number of halogens is 1. The van der Waals surface area contributed by atoms with Crippen LogP contribution in [0.25, 0.3) is 0 Å². The van der Waals surface area contributed by atoms with E-state index in [9.17, 15) is 17.6 Å². The molecule has 3 rings (SSSR count). The first-order valence-electron chi connectivity index (χ1n) is 9.99. The number of carbonyl (C=O) groups excluding carboxylic acids is 1. The summed E-state index contributed by atoms with van der Waals surface area (Å²) in [5, 5.41) is 5.03. The number of primary sulfonamides is 1. The second-order valence-corrected chi connectivity index (χ2v) is 9.09. The van der Waals surface area contributed by atoms with Gasteiger partial charge < -0.3 is 19.1 Å². The summed E-state index contributed by atoms with van der Waals surface area (Å²) in [5.74, 6) is -1.20. The van der Waals surface area contributed by atoms with Crippen LogP contribution in [-0.2, 0) is 14.8 Å². The van der Waals surface area contributed by atoms with E-state index in [1.165, 1.54) is 18.5 Å². The Balaban J connectivity index is 1.69. The number of likely N-dealkylation sites (tertiary alicyclic amines) is 1. The highest BCUT2D eigenvalue weighted by Crippen LogP contribution is 2.32. The van der Waals surface area contributed by atoms with Gasteiger partial charge in [0.1, 0.15) is 17.3 Å². The van der Waals surface area contributed by atoms with Gasteiger partial charge >= 0.3 is 6.09 Å². The molecule has 0 aliphatic carbocycles. The zero-order valence-electron chi connectivity index (χ0n) is 17.9. The van der Waals surface area contributed by atoms with Crippen molar-refractivity contribution in [2.75, 3.05) is 13.1 Å². The maximum Gasteiger partial charge on any atom is 0.410 e. The Morgan fingerprint density at radius 2 is 1.88 bits per heavy atom. The van der Waals surface area contributed by atoms with Crippen molar-refractivity contribution < 1.29 is 31.8 Å². The van der Waals surface area contributed by atoms with Crippen LogP contribution in [-0.4, -0.2) is 54.7 Å². The van der Waals surface area contributed by atoms with Crippen LogP contribution >= 0.6 is 0 Å². The molecule has 0 spiro atoms. The van der Waals surface area contributed by atoms with E-state index in [1.807, 2.05) is 0 Å². The lowest BCUT2D eigenvalue weighted by atomic mass is 10.1. The number of rotatable bonds is 6. The fourth-order valence-corrected chi connectivity index (χ4v) is 3.74. The van der Waals surface area contributed by atoms with Gasteiger partial charge in [-0.3, -0.25) is 0 Å². The topological polar surface area (TPSA) is 134 Å². The highest BCUT2D eigenvalue weighted by Gasteiger charge is 2.27. The van der Waals surface area contributed by atoms with E-state index in [-0.39, 0.29) is 35.8 Å². The molecule has 10 nitrogen and oxygen atoms in total. The summed E-state index contributed by atoms with van der Waals surface area (Å²) < 4.78 is 54.2. The molecular weight excluding hydrogens is 443 g/mol. The normalized spacial score (nSPS) is 15.0. The third kappa shape index (κ3) is 5.62. The number of hydrogen-bond acceptors (Lipinski definition) is 8. The van der Waals surface area contributed by atoms with E-state index >= 15 is 0 Å². The molecule has 1 amide bonds. The maximum atomic E-state index is 14.5. The van der Waals surface area contributed by atoms with E-state index in [4.69, 9.17) is 19.3 Å². The molecule has 2 aromatic rings. The Morgan fingerprint density at radius 1 is 1.22 bits per heavy atom. The predicted octanol–water partition coefficient (Wildman–Crippen LogP) is 2.75. The van der Waals surface area contributed by atoms with Crippen LogP contribution < -0.4 is 14.6 Å². The van der Waals surface area contributed by atoms with E-state index in [1.54, 1.807) is 25.7 Å². The lowest BCUT2D eigenvalue weighted by Gasteiger charge is -2.31. The second-order valence-electron chi connectivity index (χ2n) is 7.56. The monoisotopic (exact) mass is 468 g/mol. The summed E-state index contributed by atoms with van der Waals surface area (Å²) in [5.41, 5.74) is 0.412. The van der Waals surface area contributed by atoms with Crippen LogP contribution in [0, 0.1) is 12.7 Å². The van der Waals surface area contributed by atoms with Gasteiger partial charge in [-0.15, -0.1) is 0 Å². The van der Waals surface area contributed by atoms with Gasteiger partial charge in [-0.1, -0.05) is 6.07 Å². The molecule has 0 atom stereocenters. The number of nitrogens with two attached hydrogens (primary N) is 1. The number of piperidine rings is 1. The summed E-state index contributed by atoms with van der Waals surface area (Å²) in [6, 6.07) is 3.62. The lowest BCUT2D eigenvalue weighted by molar-refractivity contribution is 0.0505. The van der Waals surface area contributed by atoms with Crippen LogP contribution in [0.2, 0.25) is 0 Å². The van der Waals surface area contributed by atoms with Gasteiger partial charge in [0.25, 0.3) is 0 Å². The van der Waals surface area contributed by atoms with Gasteiger partial charge in [0.2, 0.25) is 21.8 Å². The van der Waals surface area contributed by atoms with Crippen LogP contribution in [0.3, 0.4) is 0 Å². The van der Waals surface area contributed by atoms with Gasteiger partial charge in [0.15, 0.2) is 11.6 Å². The molecular formula is C20H25FN4O6S. The van der Waals surface area contributed by atoms with Crippen molar-refractivity contribution in [1.82, 2.24) is 14.9 Å². The van der Waals surface area contributed by atoms with Crippen LogP contribution in [0.15, 0.2) is 29.4 Å². The Morgan fingerprint density at radius 3 is 2.50 bits per heavy atom. The van der Waals surface area contributed by atoms with Gasteiger partial charge in [-0.25, -0.2) is 32.7 Å². The zero-order chi connectivity index (χ0) is 23.5. The number of sulfonamides is 1. The number of nitrogens with zero attached hydrogens (tertiary/aromatic N) is 3. The smallest absolute Gasteiger partial charge is 0.410 e. The number of ether oxygens (including phenoxy) is 3. The molecule has 0 radical (unpaired) electrons. The third-order valence-electron chi connectivity index (χ3n) is 4.75. The Bertz CT molecular complexity index is 1090. The van der Waals surface area contributed by atoms with E-state index in [0.717, 1.165) is 6.07 Å². The third-order valence-corrected chi connectivity index (χ3v) is 5.68. The molecule has 1 aliphatic heterocycles. The van der Waals surface area contributed by atoms with Crippen LogP contribution in [0.4, 0.5) is 9.18 Å². The van der Waals surface area contributed by atoms with Gasteiger partial charge in [0, 0.05) is 25.9 Å². The second kappa shape index (κ2) is 9.65. The molecule has 1 fully saturated rings. The van der Waals surface area contributed by atoms with Crippen molar-refractivity contribution in [1.29, 1.82) is 0 Å². The van der Waals surface area contributed by atoms with Gasteiger partial charge in [0.05, 0.1) is 11.7 Å². The van der Waals surface area contributed by atoms with Crippen molar-refractivity contribution in [3.8, 4) is 17.5 Å². The Kier molecular flexibility index (Phi) is 7.14. The maximum absolute atomic E-state index is 14.5.